The molecule has 1 aromatic heterocycles. The fraction of sp³-hybridized carbons (Fsp3) is 0.379. The predicted octanol–water partition coefficient (Wildman–Crippen LogP) is 5.75. The SMILES string of the molecule is COc1cccc(C(C(=O)NC2CCCCC2)N(C(=O)c2ccoc2C)c2ccc(C)cc2)c1OC. The summed E-state index contributed by atoms with van der Waals surface area (Å²) in [7, 11) is 3.09. The van der Waals surface area contributed by atoms with E-state index in [1.54, 1.807) is 32.2 Å². The Hall–Kier alpha value is -3.74. The third-order valence-corrected chi connectivity index (χ3v) is 6.81. The van der Waals surface area contributed by atoms with Crippen LogP contribution in [-0.4, -0.2) is 32.1 Å². The number of ether oxygens (including phenoxy) is 2. The quantitative estimate of drug-likeness (QED) is 0.435. The van der Waals surface area contributed by atoms with E-state index >= 15 is 0 Å². The van der Waals surface area contributed by atoms with Crippen LogP contribution in [0.15, 0.2) is 59.2 Å². The first-order chi connectivity index (χ1) is 17.4. The van der Waals surface area contributed by atoms with Crippen LogP contribution >= 0.6 is 0 Å². The first kappa shape index (κ1) is 25.4. The van der Waals surface area contributed by atoms with Crippen molar-refractivity contribution in [2.75, 3.05) is 19.1 Å². The number of hydrogen-bond acceptors (Lipinski definition) is 5. The van der Waals surface area contributed by atoms with Gasteiger partial charge in [-0.05, 0) is 51.0 Å². The molecule has 1 N–H and O–H groups in total. The molecular formula is C29H34N2O5. The fourth-order valence-electron chi connectivity index (χ4n) is 4.88. The van der Waals surface area contributed by atoms with Crippen LogP contribution in [0.2, 0.25) is 0 Å². The first-order valence-electron chi connectivity index (χ1n) is 12.4. The monoisotopic (exact) mass is 490 g/mol. The third kappa shape index (κ3) is 5.25. The number of methoxy groups -OCH3 is 2. The number of benzene rings is 2. The van der Waals surface area contributed by atoms with Gasteiger partial charge < -0.3 is 19.2 Å². The second-order valence-corrected chi connectivity index (χ2v) is 9.23. The van der Waals surface area contributed by atoms with E-state index in [9.17, 15) is 9.59 Å². The normalized spacial score (nSPS) is 14.7. The lowest BCUT2D eigenvalue weighted by atomic mass is 9.94. The molecule has 1 aliphatic rings. The standard InChI is InChI=1S/C29H34N2O5/c1-19-13-15-22(16-14-19)31(29(33)23-17-18-36-20(23)2)26(28(32)30-21-9-6-5-7-10-21)24-11-8-12-25(34-3)27(24)35-4/h8,11-18,21,26H,5-7,9-10H2,1-4H3,(H,30,32). The van der Waals surface area contributed by atoms with Crippen molar-refractivity contribution in [2.45, 2.75) is 58.0 Å². The molecule has 0 radical (unpaired) electrons. The molecule has 0 aliphatic heterocycles. The first-order valence-corrected chi connectivity index (χ1v) is 12.4. The molecule has 0 saturated heterocycles. The van der Waals surface area contributed by atoms with Crippen LogP contribution in [0.5, 0.6) is 11.5 Å². The number of carbonyl (C=O) groups is 2. The van der Waals surface area contributed by atoms with Gasteiger partial charge in [0, 0.05) is 17.3 Å². The van der Waals surface area contributed by atoms with E-state index in [-0.39, 0.29) is 17.9 Å². The van der Waals surface area contributed by atoms with Gasteiger partial charge in [-0.25, -0.2) is 0 Å². The minimum Gasteiger partial charge on any atom is -0.493 e. The molecule has 1 aliphatic carbocycles. The topological polar surface area (TPSA) is 81.0 Å². The Morgan fingerprint density at radius 2 is 1.69 bits per heavy atom. The van der Waals surface area contributed by atoms with E-state index in [4.69, 9.17) is 13.9 Å². The highest BCUT2D eigenvalue weighted by molar-refractivity contribution is 6.10. The van der Waals surface area contributed by atoms with Crippen molar-refractivity contribution in [1.82, 2.24) is 5.32 Å². The number of amides is 2. The van der Waals surface area contributed by atoms with Crippen molar-refractivity contribution in [2.24, 2.45) is 0 Å². The van der Waals surface area contributed by atoms with E-state index < -0.39 is 6.04 Å². The van der Waals surface area contributed by atoms with Crippen molar-refractivity contribution >= 4 is 17.5 Å². The second kappa shape index (κ2) is 11.3. The third-order valence-electron chi connectivity index (χ3n) is 6.81. The molecule has 1 fully saturated rings. The largest absolute Gasteiger partial charge is 0.493 e. The number of rotatable bonds is 8. The second-order valence-electron chi connectivity index (χ2n) is 9.23. The van der Waals surface area contributed by atoms with Crippen LogP contribution in [-0.2, 0) is 4.79 Å². The number of hydrogen-bond donors (Lipinski definition) is 1. The average molecular weight is 491 g/mol. The lowest BCUT2D eigenvalue weighted by Crippen LogP contribution is -2.47. The van der Waals surface area contributed by atoms with E-state index in [2.05, 4.69) is 5.32 Å². The molecule has 7 nitrogen and oxygen atoms in total. The molecule has 0 bridgehead atoms. The molecule has 1 unspecified atom stereocenters. The maximum Gasteiger partial charge on any atom is 0.262 e. The number of para-hydroxylation sites is 1. The molecule has 2 aromatic carbocycles. The number of furan rings is 1. The summed E-state index contributed by atoms with van der Waals surface area (Å²) in [6.07, 6.45) is 6.66. The Bertz CT molecular complexity index is 1190. The number of carbonyl (C=O) groups excluding carboxylic acids is 2. The van der Waals surface area contributed by atoms with Gasteiger partial charge in [-0.1, -0.05) is 49.1 Å². The highest BCUT2D eigenvalue weighted by Gasteiger charge is 2.38. The lowest BCUT2D eigenvalue weighted by Gasteiger charge is -2.34. The summed E-state index contributed by atoms with van der Waals surface area (Å²) in [5.74, 6) is 0.794. The van der Waals surface area contributed by atoms with Gasteiger partial charge in [0.1, 0.15) is 11.8 Å². The number of nitrogens with one attached hydrogen (secondary N) is 1. The van der Waals surface area contributed by atoms with E-state index in [1.165, 1.54) is 24.7 Å². The predicted molar refractivity (Wildman–Crippen MR) is 139 cm³/mol. The van der Waals surface area contributed by atoms with E-state index in [0.717, 1.165) is 31.2 Å². The Labute approximate surface area is 212 Å². The Kier molecular flexibility index (Phi) is 7.98. The summed E-state index contributed by atoms with van der Waals surface area (Å²) in [6, 6.07) is 13.7. The molecule has 3 aromatic rings. The lowest BCUT2D eigenvalue weighted by molar-refractivity contribution is -0.123. The molecular weight excluding hydrogens is 456 g/mol. The maximum atomic E-state index is 14.1. The molecule has 7 heteroatoms. The van der Waals surface area contributed by atoms with Crippen LogP contribution < -0.4 is 19.7 Å². The van der Waals surface area contributed by atoms with Gasteiger partial charge in [-0.3, -0.25) is 14.5 Å². The van der Waals surface area contributed by atoms with Crippen molar-refractivity contribution in [3.05, 3.63) is 77.2 Å². The minimum atomic E-state index is -0.999. The summed E-state index contributed by atoms with van der Waals surface area (Å²) < 4.78 is 16.7. The van der Waals surface area contributed by atoms with E-state index in [1.807, 2.05) is 37.3 Å². The molecule has 1 atom stereocenters. The zero-order valence-electron chi connectivity index (χ0n) is 21.4. The number of aryl methyl sites for hydroxylation is 2. The molecule has 1 heterocycles. The fourth-order valence-corrected chi connectivity index (χ4v) is 4.88. The van der Waals surface area contributed by atoms with Crippen molar-refractivity contribution < 1.29 is 23.5 Å². The van der Waals surface area contributed by atoms with Gasteiger partial charge in [0.25, 0.3) is 5.91 Å². The number of anilines is 1. The molecule has 4 rings (SSSR count). The zero-order chi connectivity index (χ0) is 25.7. The minimum absolute atomic E-state index is 0.0657. The summed E-state index contributed by atoms with van der Waals surface area (Å²) in [4.78, 5) is 29.7. The number of nitrogens with zero attached hydrogens (tertiary/aromatic N) is 1. The van der Waals surface area contributed by atoms with Crippen LogP contribution in [0.4, 0.5) is 5.69 Å². The van der Waals surface area contributed by atoms with Crippen LogP contribution in [0.25, 0.3) is 0 Å². The Balaban J connectivity index is 1.89. The Morgan fingerprint density at radius 1 is 0.972 bits per heavy atom. The highest BCUT2D eigenvalue weighted by atomic mass is 16.5. The average Bonchev–Trinajstić information content (AvgIpc) is 3.33. The molecule has 0 spiro atoms. The summed E-state index contributed by atoms with van der Waals surface area (Å²) in [6.45, 7) is 3.72. The zero-order valence-corrected chi connectivity index (χ0v) is 21.4. The van der Waals surface area contributed by atoms with Crippen LogP contribution in [0.3, 0.4) is 0 Å². The van der Waals surface area contributed by atoms with Gasteiger partial charge in [0.05, 0.1) is 26.0 Å². The Morgan fingerprint density at radius 3 is 2.31 bits per heavy atom. The summed E-state index contributed by atoms with van der Waals surface area (Å²) >= 11 is 0. The van der Waals surface area contributed by atoms with Crippen molar-refractivity contribution in [1.29, 1.82) is 0 Å². The summed E-state index contributed by atoms with van der Waals surface area (Å²) in [5, 5.41) is 3.23. The van der Waals surface area contributed by atoms with Crippen LogP contribution in [0.1, 0.15) is 65.4 Å². The van der Waals surface area contributed by atoms with Gasteiger partial charge in [0.2, 0.25) is 5.91 Å². The van der Waals surface area contributed by atoms with Gasteiger partial charge in [-0.15, -0.1) is 0 Å². The van der Waals surface area contributed by atoms with Crippen molar-refractivity contribution in [3.8, 4) is 11.5 Å². The van der Waals surface area contributed by atoms with Crippen molar-refractivity contribution in [3.63, 3.8) is 0 Å². The smallest absolute Gasteiger partial charge is 0.262 e. The molecule has 36 heavy (non-hydrogen) atoms. The molecule has 2 amide bonds. The molecule has 1 saturated carbocycles. The molecule has 190 valence electrons. The summed E-state index contributed by atoms with van der Waals surface area (Å²) in [5.41, 5.74) is 2.58. The van der Waals surface area contributed by atoms with Gasteiger partial charge in [-0.2, -0.15) is 0 Å². The highest BCUT2D eigenvalue weighted by Crippen LogP contribution is 2.40. The maximum absolute atomic E-state index is 14.1. The van der Waals surface area contributed by atoms with Gasteiger partial charge in [0.15, 0.2) is 11.5 Å². The van der Waals surface area contributed by atoms with Crippen LogP contribution in [0, 0.1) is 13.8 Å². The van der Waals surface area contributed by atoms with Gasteiger partial charge >= 0.3 is 0 Å². The van der Waals surface area contributed by atoms with E-state index in [0.29, 0.717) is 34.1 Å².